The Kier molecular flexibility index (Phi) is 7.49. The molecule has 4 heteroatoms. The van der Waals surface area contributed by atoms with Crippen molar-refractivity contribution in [2.45, 2.75) is 39.2 Å². The Morgan fingerprint density at radius 2 is 1.27 bits per heavy atom. The van der Waals surface area contributed by atoms with Gasteiger partial charge in [-0.2, -0.15) is 0 Å². The smallest absolute Gasteiger partial charge is 0.119 e. The van der Waals surface area contributed by atoms with E-state index in [0.717, 1.165) is 11.5 Å². The lowest BCUT2D eigenvalue weighted by Crippen LogP contribution is -2.23. The molecule has 1 unspecified atom stereocenters. The highest BCUT2D eigenvalue weighted by Crippen LogP contribution is 2.33. The van der Waals surface area contributed by atoms with Gasteiger partial charge in [-0.25, -0.2) is 0 Å². The van der Waals surface area contributed by atoms with Gasteiger partial charge >= 0.3 is 0 Å². The predicted octanol–water partition coefficient (Wildman–Crippen LogP) is 4.19. The van der Waals surface area contributed by atoms with E-state index in [9.17, 15) is 5.11 Å². The fourth-order valence-electron chi connectivity index (χ4n) is 2.76. The van der Waals surface area contributed by atoms with Gasteiger partial charge in [-0.05, 0) is 49.2 Å². The van der Waals surface area contributed by atoms with Crippen molar-refractivity contribution in [3.63, 3.8) is 0 Å². The molecule has 2 rings (SSSR count). The van der Waals surface area contributed by atoms with E-state index in [-0.39, 0.29) is 12.0 Å². The van der Waals surface area contributed by atoms with E-state index in [4.69, 9.17) is 14.2 Å². The van der Waals surface area contributed by atoms with Gasteiger partial charge in [-0.3, -0.25) is 0 Å². The Morgan fingerprint density at radius 1 is 0.769 bits per heavy atom. The summed E-state index contributed by atoms with van der Waals surface area (Å²) in [5, 5.41) is 9.77. The molecule has 0 radical (unpaired) electrons. The minimum atomic E-state index is -0.616. The highest BCUT2D eigenvalue weighted by molar-refractivity contribution is 5.41. The molecule has 142 valence electrons. The van der Waals surface area contributed by atoms with Gasteiger partial charge in [0.05, 0.1) is 13.2 Å². The number of benzene rings is 2. The van der Waals surface area contributed by atoms with Crippen LogP contribution in [0.1, 0.15) is 38.8 Å². The molecule has 0 aromatic heterocycles. The maximum absolute atomic E-state index is 9.77. The van der Waals surface area contributed by atoms with Crippen LogP contribution in [-0.2, 0) is 10.2 Å². The summed E-state index contributed by atoms with van der Waals surface area (Å²) in [5.74, 6) is 1.63. The summed E-state index contributed by atoms with van der Waals surface area (Å²) in [6.45, 7) is 10.1. The second-order valence-corrected chi connectivity index (χ2v) is 6.73. The lowest BCUT2D eigenvalue weighted by Gasteiger charge is -2.26. The third-order valence-electron chi connectivity index (χ3n) is 4.42. The van der Waals surface area contributed by atoms with Crippen LogP contribution in [0, 0.1) is 0 Å². The van der Waals surface area contributed by atoms with Crippen molar-refractivity contribution < 1.29 is 19.3 Å². The van der Waals surface area contributed by atoms with Gasteiger partial charge in [-0.1, -0.05) is 38.1 Å². The maximum atomic E-state index is 9.77. The van der Waals surface area contributed by atoms with Crippen LogP contribution in [0.2, 0.25) is 0 Å². The first kappa shape index (κ1) is 20.3. The van der Waals surface area contributed by atoms with E-state index in [1.165, 1.54) is 11.1 Å². The minimum Gasteiger partial charge on any atom is -0.494 e. The second-order valence-electron chi connectivity index (χ2n) is 6.73. The normalized spacial score (nSPS) is 12.7. The molecule has 0 heterocycles. The summed E-state index contributed by atoms with van der Waals surface area (Å²) in [6, 6.07) is 16.3. The van der Waals surface area contributed by atoms with Crippen molar-refractivity contribution in [1.82, 2.24) is 0 Å². The fourth-order valence-corrected chi connectivity index (χ4v) is 2.76. The third-order valence-corrected chi connectivity index (χ3v) is 4.42. The Bertz CT molecular complexity index is 647. The van der Waals surface area contributed by atoms with Crippen molar-refractivity contribution >= 4 is 0 Å². The van der Waals surface area contributed by atoms with Gasteiger partial charge in [-0.15, -0.1) is 0 Å². The molecule has 0 aliphatic rings. The Labute approximate surface area is 156 Å². The molecule has 2 aromatic carbocycles. The fraction of sp³-hybridized carbons (Fsp3) is 0.455. The van der Waals surface area contributed by atoms with E-state index >= 15 is 0 Å². The van der Waals surface area contributed by atoms with Crippen LogP contribution in [0.15, 0.2) is 48.5 Å². The quantitative estimate of drug-likeness (QED) is 0.692. The molecule has 0 bridgehead atoms. The SMILES string of the molecule is CCOCC(O)COc1ccc(C(C)(C)c2ccc(OCC)cc2)cc1. The maximum Gasteiger partial charge on any atom is 0.119 e. The molecular weight excluding hydrogens is 328 g/mol. The first-order valence-corrected chi connectivity index (χ1v) is 9.19. The Hall–Kier alpha value is -2.04. The summed E-state index contributed by atoms with van der Waals surface area (Å²) < 4.78 is 16.3. The zero-order valence-corrected chi connectivity index (χ0v) is 16.2. The molecule has 0 saturated heterocycles. The molecule has 2 aromatic rings. The van der Waals surface area contributed by atoms with E-state index in [1.807, 2.05) is 38.1 Å². The Balaban J connectivity index is 2.01. The number of hydrogen-bond acceptors (Lipinski definition) is 4. The summed E-state index contributed by atoms with van der Waals surface area (Å²) in [6.07, 6.45) is -0.616. The third kappa shape index (κ3) is 5.48. The van der Waals surface area contributed by atoms with Crippen molar-refractivity contribution in [1.29, 1.82) is 0 Å². The molecule has 0 amide bonds. The van der Waals surface area contributed by atoms with Crippen LogP contribution in [0.5, 0.6) is 11.5 Å². The van der Waals surface area contributed by atoms with Crippen LogP contribution < -0.4 is 9.47 Å². The van der Waals surface area contributed by atoms with Gasteiger partial charge in [0.1, 0.15) is 24.2 Å². The largest absolute Gasteiger partial charge is 0.494 e. The number of aliphatic hydroxyl groups is 1. The van der Waals surface area contributed by atoms with Gasteiger partial charge < -0.3 is 19.3 Å². The lowest BCUT2D eigenvalue weighted by atomic mass is 9.78. The molecule has 0 aliphatic heterocycles. The summed E-state index contributed by atoms with van der Waals surface area (Å²) in [4.78, 5) is 0. The van der Waals surface area contributed by atoms with Gasteiger partial charge in [0.2, 0.25) is 0 Å². The first-order valence-electron chi connectivity index (χ1n) is 9.19. The second kappa shape index (κ2) is 9.60. The Morgan fingerprint density at radius 3 is 1.73 bits per heavy atom. The van der Waals surface area contributed by atoms with Gasteiger partial charge in [0.15, 0.2) is 0 Å². The number of aliphatic hydroxyl groups excluding tert-OH is 1. The number of hydrogen-bond donors (Lipinski definition) is 1. The molecule has 0 spiro atoms. The first-order chi connectivity index (χ1) is 12.5. The molecule has 26 heavy (non-hydrogen) atoms. The van der Waals surface area contributed by atoms with E-state index in [0.29, 0.717) is 19.8 Å². The summed E-state index contributed by atoms with van der Waals surface area (Å²) in [7, 11) is 0. The molecule has 4 nitrogen and oxygen atoms in total. The van der Waals surface area contributed by atoms with Gasteiger partial charge in [0, 0.05) is 12.0 Å². The molecule has 1 atom stereocenters. The predicted molar refractivity (Wildman–Crippen MR) is 104 cm³/mol. The number of rotatable bonds is 10. The van der Waals surface area contributed by atoms with Crippen LogP contribution >= 0.6 is 0 Å². The van der Waals surface area contributed by atoms with Crippen LogP contribution in [-0.4, -0.2) is 37.6 Å². The highest BCUT2D eigenvalue weighted by Gasteiger charge is 2.23. The summed E-state index contributed by atoms with van der Waals surface area (Å²) in [5.41, 5.74) is 2.29. The van der Waals surface area contributed by atoms with E-state index in [1.54, 1.807) is 0 Å². The molecule has 0 aliphatic carbocycles. The van der Waals surface area contributed by atoms with Crippen molar-refractivity contribution in [2.75, 3.05) is 26.4 Å². The van der Waals surface area contributed by atoms with Crippen LogP contribution in [0.4, 0.5) is 0 Å². The zero-order chi connectivity index (χ0) is 19.0. The zero-order valence-electron chi connectivity index (χ0n) is 16.2. The van der Waals surface area contributed by atoms with Crippen LogP contribution in [0.25, 0.3) is 0 Å². The van der Waals surface area contributed by atoms with E-state index in [2.05, 4.69) is 38.1 Å². The van der Waals surface area contributed by atoms with Crippen molar-refractivity contribution in [3.8, 4) is 11.5 Å². The number of ether oxygens (including phenoxy) is 3. The topological polar surface area (TPSA) is 47.9 Å². The molecular formula is C22H30O4. The highest BCUT2D eigenvalue weighted by atomic mass is 16.5. The minimum absolute atomic E-state index is 0.127. The van der Waals surface area contributed by atoms with Crippen molar-refractivity contribution in [2.24, 2.45) is 0 Å². The lowest BCUT2D eigenvalue weighted by molar-refractivity contribution is 0.0164. The van der Waals surface area contributed by atoms with Crippen molar-refractivity contribution in [3.05, 3.63) is 59.7 Å². The molecule has 0 saturated carbocycles. The average molecular weight is 358 g/mol. The van der Waals surface area contributed by atoms with E-state index < -0.39 is 6.10 Å². The molecule has 1 N–H and O–H groups in total. The standard InChI is InChI=1S/C22H30O4/c1-5-24-15-19(23)16-26-21-13-9-18(10-14-21)22(3,4)17-7-11-20(12-8-17)25-6-2/h7-14,19,23H,5-6,15-16H2,1-4H3. The summed E-state index contributed by atoms with van der Waals surface area (Å²) >= 11 is 0. The van der Waals surface area contributed by atoms with Crippen LogP contribution in [0.3, 0.4) is 0 Å². The van der Waals surface area contributed by atoms with Gasteiger partial charge in [0.25, 0.3) is 0 Å². The molecule has 0 fully saturated rings. The average Bonchev–Trinajstić information content (AvgIpc) is 2.65. The monoisotopic (exact) mass is 358 g/mol.